The zero-order chi connectivity index (χ0) is 30.9. The number of fused-ring (bicyclic) bond motifs is 1. The third kappa shape index (κ3) is 6.46. The van der Waals surface area contributed by atoms with Gasteiger partial charge in [0, 0.05) is 35.8 Å². The molecule has 1 aliphatic rings. The molecule has 0 saturated carbocycles. The number of aryl methyl sites for hydroxylation is 4. The fourth-order valence-electron chi connectivity index (χ4n) is 6.21. The SMILES string of the molecule is Cc1cc(C)c(S(=O)(=O)N[C@@H](C)CNc2cc(C)cc3c2cnn3-c2ccc(C(=O)N3CCCCC3CO)cc2)c(C)c1. The molecule has 3 N–H and O–H groups in total. The lowest BCUT2D eigenvalue weighted by atomic mass is 10.0. The van der Waals surface area contributed by atoms with Gasteiger partial charge in [0.2, 0.25) is 10.0 Å². The van der Waals surface area contributed by atoms with Crippen LogP contribution in [0.5, 0.6) is 0 Å². The monoisotopic (exact) mass is 603 g/mol. The smallest absolute Gasteiger partial charge is 0.254 e. The third-order valence-electron chi connectivity index (χ3n) is 8.12. The summed E-state index contributed by atoms with van der Waals surface area (Å²) in [4.78, 5) is 15.3. The minimum Gasteiger partial charge on any atom is -0.394 e. The second-order valence-corrected chi connectivity index (χ2v) is 13.5. The number of anilines is 1. The van der Waals surface area contributed by atoms with E-state index in [1.807, 2.05) is 81.8 Å². The lowest BCUT2D eigenvalue weighted by Gasteiger charge is -2.34. The molecule has 1 aromatic heterocycles. The standard InChI is InChI=1S/C33H41N5O4S/c1-21-14-23(3)32(24(4)15-21)43(41,42)36-25(5)18-34-30-16-22(2)17-31-29(30)19-35-38(31)27-11-9-26(10-12-27)33(40)37-13-7-6-8-28(37)20-39/h9-12,14-17,19,25,28,34,36,39H,6-8,13,18,20H2,1-5H3/t25-,28?/m0/s1. The number of aliphatic hydroxyl groups is 1. The number of nitrogens with zero attached hydrogens (tertiary/aromatic N) is 3. The Morgan fingerprint density at radius 3 is 2.37 bits per heavy atom. The maximum absolute atomic E-state index is 13.2. The Morgan fingerprint density at radius 2 is 1.70 bits per heavy atom. The minimum atomic E-state index is -3.69. The normalized spacial score (nSPS) is 16.4. The second-order valence-electron chi connectivity index (χ2n) is 11.8. The van der Waals surface area contributed by atoms with E-state index in [2.05, 4.69) is 21.2 Å². The fourth-order valence-corrected chi connectivity index (χ4v) is 7.90. The van der Waals surface area contributed by atoms with Gasteiger partial charge in [-0.1, -0.05) is 17.7 Å². The summed E-state index contributed by atoms with van der Waals surface area (Å²) in [5.41, 5.74) is 6.71. The molecule has 2 heterocycles. The highest BCUT2D eigenvalue weighted by atomic mass is 32.2. The molecule has 0 radical (unpaired) electrons. The molecule has 10 heteroatoms. The van der Waals surface area contributed by atoms with Crippen molar-refractivity contribution in [2.24, 2.45) is 0 Å². The van der Waals surface area contributed by atoms with Crippen LogP contribution >= 0.6 is 0 Å². The number of amides is 1. The summed E-state index contributed by atoms with van der Waals surface area (Å²) in [6.07, 6.45) is 4.60. The molecule has 43 heavy (non-hydrogen) atoms. The largest absolute Gasteiger partial charge is 0.394 e. The van der Waals surface area contributed by atoms with Crippen molar-refractivity contribution in [1.29, 1.82) is 0 Å². The Balaban J connectivity index is 1.32. The van der Waals surface area contributed by atoms with E-state index in [4.69, 9.17) is 0 Å². The van der Waals surface area contributed by atoms with E-state index in [9.17, 15) is 18.3 Å². The van der Waals surface area contributed by atoms with Crippen LogP contribution in [0.15, 0.2) is 59.6 Å². The number of benzene rings is 3. The number of carbonyl (C=O) groups is 1. The minimum absolute atomic E-state index is 0.0183. The number of likely N-dealkylation sites (tertiary alicyclic amines) is 1. The van der Waals surface area contributed by atoms with Crippen LogP contribution in [0.4, 0.5) is 5.69 Å². The van der Waals surface area contributed by atoms with E-state index >= 15 is 0 Å². The number of piperidine rings is 1. The van der Waals surface area contributed by atoms with Crippen molar-refractivity contribution in [1.82, 2.24) is 19.4 Å². The Kier molecular flexibility index (Phi) is 8.91. The highest BCUT2D eigenvalue weighted by Crippen LogP contribution is 2.28. The molecule has 2 atom stereocenters. The number of hydrogen-bond acceptors (Lipinski definition) is 6. The van der Waals surface area contributed by atoms with Gasteiger partial charge in [-0.15, -0.1) is 0 Å². The van der Waals surface area contributed by atoms with Crippen molar-refractivity contribution in [3.05, 3.63) is 82.5 Å². The number of nitrogens with one attached hydrogen (secondary N) is 2. The molecule has 1 saturated heterocycles. The molecule has 1 fully saturated rings. The van der Waals surface area contributed by atoms with Crippen LogP contribution < -0.4 is 10.0 Å². The van der Waals surface area contributed by atoms with Crippen molar-refractivity contribution in [3.63, 3.8) is 0 Å². The summed E-state index contributed by atoms with van der Waals surface area (Å²) < 4.78 is 31.1. The topological polar surface area (TPSA) is 117 Å². The van der Waals surface area contributed by atoms with Crippen molar-refractivity contribution in [2.75, 3.05) is 25.0 Å². The summed E-state index contributed by atoms with van der Waals surface area (Å²) in [7, 11) is -3.69. The molecule has 1 amide bonds. The average molecular weight is 604 g/mol. The van der Waals surface area contributed by atoms with Crippen molar-refractivity contribution in [2.45, 2.75) is 70.9 Å². The number of carbonyl (C=O) groups excluding carboxylic acids is 1. The van der Waals surface area contributed by atoms with Crippen LogP contribution in [0, 0.1) is 27.7 Å². The van der Waals surface area contributed by atoms with E-state index in [1.165, 1.54) is 0 Å². The maximum Gasteiger partial charge on any atom is 0.254 e. The number of sulfonamides is 1. The predicted molar refractivity (Wildman–Crippen MR) is 170 cm³/mol. The van der Waals surface area contributed by atoms with E-state index in [1.54, 1.807) is 11.1 Å². The first-order valence-corrected chi connectivity index (χ1v) is 16.3. The van der Waals surface area contributed by atoms with Crippen molar-refractivity contribution < 1.29 is 18.3 Å². The van der Waals surface area contributed by atoms with Gasteiger partial charge in [0.25, 0.3) is 5.91 Å². The summed E-state index contributed by atoms with van der Waals surface area (Å²) in [6.45, 7) is 10.5. The molecular formula is C33H41N5O4S. The van der Waals surface area contributed by atoms with Crippen molar-refractivity contribution >= 4 is 32.5 Å². The highest BCUT2D eigenvalue weighted by molar-refractivity contribution is 7.89. The fraction of sp³-hybridized carbons (Fsp3) is 0.394. The van der Waals surface area contributed by atoms with Gasteiger partial charge >= 0.3 is 0 Å². The van der Waals surface area contributed by atoms with E-state index in [0.717, 1.165) is 63.8 Å². The molecule has 1 unspecified atom stereocenters. The lowest BCUT2D eigenvalue weighted by Crippen LogP contribution is -2.45. The first-order valence-electron chi connectivity index (χ1n) is 14.8. The summed E-state index contributed by atoms with van der Waals surface area (Å²) >= 11 is 0. The van der Waals surface area contributed by atoms with Crippen LogP contribution in [0.3, 0.4) is 0 Å². The Hall–Kier alpha value is -3.73. The number of aromatic nitrogens is 2. The second kappa shape index (κ2) is 12.5. The molecule has 3 aromatic carbocycles. The van der Waals surface area contributed by atoms with Gasteiger partial charge in [-0.2, -0.15) is 5.10 Å². The molecule has 5 rings (SSSR count). The lowest BCUT2D eigenvalue weighted by molar-refractivity contribution is 0.0503. The predicted octanol–water partition coefficient (Wildman–Crippen LogP) is 5.03. The van der Waals surface area contributed by atoms with Gasteiger partial charge in [0.15, 0.2) is 0 Å². The van der Waals surface area contributed by atoms with Crippen LogP contribution in [0.1, 0.15) is 58.8 Å². The highest BCUT2D eigenvalue weighted by Gasteiger charge is 2.27. The molecule has 1 aliphatic heterocycles. The van der Waals surface area contributed by atoms with Crippen LogP contribution in [-0.2, 0) is 10.0 Å². The third-order valence-corrected chi connectivity index (χ3v) is 10.0. The van der Waals surface area contributed by atoms with Gasteiger partial charge in [0.05, 0.1) is 34.9 Å². The van der Waals surface area contributed by atoms with E-state index in [0.29, 0.717) is 23.5 Å². The number of hydrogen-bond donors (Lipinski definition) is 3. The zero-order valence-electron chi connectivity index (χ0n) is 25.5. The first-order chi connectivity index (χ1) is 20.5. The Bertz CT molecular complexity index is 1720. The Morgan fingerprint density at radius 1 is 1.02 bits per heavy atom. The maximum atomic E-state index is 13.2. The van der Waals surface area contributed by atoms with Gasteiger partial charge in [0.1, 0.15) is 0 Å². The molecule has 9 nitrogen and oxygen atoms in total. The summed E-state index contributed by atoms with van der Waals surface area (Å²) in [6, 6.07) is 14.8. The first kappa shape index (κ1) is 30.7. The molecule has 4 aromatic rings. The van der Waals surface area contributed by atoms with Crippen LogP contribution in [0.25, 0.3) is 16.6 Å². The molecule has 228 valence electrons. The van der Waals surface area contributed by atoms with Gasteiger partial charge in [-0.25, -0.2) is 17.8 Å². The molecule has 0 aliphatic carbocycles. The van der Waals surface area contributed by atoms with E-state index < -0.39 is 10.0 Å². The molecule has 0 spiro atoms. The number of aliphatic hydroxyl groups excluding tert-OH is 1. The van der Waals surface area contributed by atoms with Gasteiger partial charge in [-0.05, 0) is 107 Å². The van der Waals surface area contributed by atoms with Crippen molar-refractivity contribution in [3.8, 4) is 5.69 Å². The summed E-state index contributed by atoms with van der Waals surface area (Å²) in [5, 5.41) is 18.7. The summed E-state index contributed by atoms with van der Waals surface area (Å²) in [5.74, 6) is -0.0598. The van der Waals surface area contributed by atoms with Crippen LogP contribution in [0.2, 0.25) is 0 Å². The Labute approximate surface area is 254 Å². The van der Waals surface area contributed by atoms with Gasteiger partial charge < -0.3 is 15.3 Å². The van der Waals surface area contributed by atoms with E-state index in [-0.39, 0.29) is 24.6 Å². The molecular weight excluding hydrogens is 562 g/mol. The zero-order valence-corrected chi connectivity index (χ0v) is 26.3. The number of rotatable bonds is 9. The molecule has 0 bridgehead atoms. The quantitative estimate of drug-likeness (QED) is 0.247. The average Bonchev–Trinajstić information content (AvgIpc) is 3.38. The van der Waals surface area contributed by atoms with Crippen LogP contribution in [-0.4, -0.2) is 65.9 Å². The van der Waals surface area contributed by atoms with Gasteiger partial charge in [-0.3, -0.25) is 4.79 Å².